The number of aliphatic hydroxyl groups is 1. The van der Waals surface area contributed by atoms with Crippen molar-refractivity contribution in [1.29, 1.82) is 0 Å². The van der Waals surface area contributed by atoms with Gasteiger partial charge in [-0.1, -0.05) is 19.8 Å². The Balaban J connectivity index is 1.64. The van der Waals surface area contributed by atoms with Crippen LogP contribution in [0.1, 0.15) is 51.9 Å². The second kappa shape index (κ2) is 6.71. The van der Waals surface area contributed by atoms with Gasteiger partial charge in [0.15, 0.2) is 0 Å². The van der Waals surface area contributed by atoms with Crippen LogP contribution in [0.2, 0.25) is 0 Å². The molecule has 110 valence electrons. The largest absolute Gasteiger partial charge is 0.388 e. The quantitative estimate of drug-likeness (QED) is 0.795. The number of nitrogens with zero attached hydrogens (tertiary/aromatic N) is 1. The van der Waals surface area contributed by atoms with E-state index in [2.05, 4.69) is 17.1 Å². The normalized spacial score (nSPS) is 32.4. The van der Waals surface area contributed by atoms with Crippen LogP contribution in [0.5, 0.6) is 0 Å². The second-order valence-electron chi connectivity index (χ2n) is 6.50. The fourth-order valence-corrected chi connectivity index (χ4v) is 3.41. The van der Waals surface area contributed by atoms with Crippen LogP contribution in [0.15, 0.2) is 0 Å². The summed E-state index contributed by atoms with van der Waals surface area (Å²) >= 11 is 0. The molecule has 1 saturated heterocycles. The molecule has 1 amide bonds. The van der Waals surface area contributed by atoms with Crippen molar-refractivity contribution in [2.24, 2.45) is 5.92 Å². The van der Waals surface area contributed by atoms with Crippen molar-refractivity contribution in [3.05, 3.63) is 0 Å². The Morgan fingerprint density at radius 3 is 2.79 bits per heavy atom. The Labute approximate surface area is 116 Å². The van der Waals surface area contributed by atoms with Crippen LogP contribution in [0.4, 0.5) is 0 Å². The summed E-state index contributed by atoms with van der Waals surface area (Å²) in [6, 6.07) is 0. The Hall–Kier alpha value is -0.610. The van der Waals surface area contributed by atoms with Crippen molar-refractivity contribution in [1.82, 2.24) is 10.2 Å². The van der Waals surface area contributed by atoms with Crippen LogP contribution in [0, 0.1) is 5.92 Å². The maximum absolute atomic E-state index is 11.8. The topological polar surface area (TPSA) is 52.6 Å². The molecule has 0 radical (unpaired) electrons. The van der Waals surface area contributed by atoms with E-state index in [0.29, 0.717) is 18.9 Å². The number of carbonyl (C=O) groups excluding carboxylic acids is 1. The highest BCUT2D eigenvalue weighted by atomic mass is 16.3. The standard InChI is InChI=1S/C15H28N2O2/c1-13-5-4-7-15(19,11-13)12-16-14(18)6-10-17-8-2-3-9-17/h13,19H,2-12H2,1H3,(H,16,18). The lowest BCUT2D eigenvalue weighted by molar-refractivity contribution is -0.123. The van der Waals surface area contributed by atoms with Crippen molar-refractivity contribution >= 4 is 5.91 Å². The Kier molecular flexibility index (Phi) is 5.22. The van der Waals surface area contributed by atoms with Crippen molar-refractivity contribution in [2.75, 3.05) is 26.2 Å². The highest BCUT2D eigenvalue weighted by molar-refractivity contribution is 5.76. The van der Waals surface area contributed by atoms with Crippen LogP contribution in [-0.4, -0.2) is 47.7 Å². The maximum atomic E-state index is 11.8. The van der Waals surface area contributed by atoms with Crippen molar-refractivity contribution < 1.29 is 9.90 Å². The summed E-state index contributed by atoms with van der Waals surface area (Å²) in [4.78, 5) is 14.2. The summed E-state index contributed by atoms with van der Waals surface area (Å²) in [7, 11) is 0. The summed E-state index contributed by atoms with van der Waals surface area (Å²) < 4.78 is 0. The number of amides is 1. The van der Waals surface area contributed by atoms with Gasteiger partial charge in [0.25, 0.3) is 0 Å². The molecule has 2 atom stereocenters. The minimum absolute atomic E-state index is 0.0820. The zero-order chi connectivity index (χ0) is 13.7. The van der Waals surface area contributed by atoms with E-state index in [-0.39, 0.29) is 5.91 Å². The van der Waals surface area contributed by atoms with Gasteiger partial charge in [-0.15, -0.1) is 0 Å². The fraction of sp³-hybridized carbons (Fsp3) is 0.933. The molecule has 0 bridgehead atoms. The first-order chi connectivity index (χ1) is 9.07. The monoisotopic (exact) mass is 268 g/mol. The average Bonchev–Trinajstić information content (AvgIpc) is 2.87. The van der Waals surface area contributed by atoms with Gasteiger partial charge in [-0.3, -0.25) is 4.79 Å². The third-order valence-corrected chi connectivity index (χ3v) is 4.54. The van der Waals surface area contributed by atoms with Crippen molar-refractivity contribution in [3.8, 4) is 0 Å². The van der Waals surface area contributed by atoms with Gasteiger partial charge in [0.1, 0.15) is 0 Å². The molecule has 2 fully saturated rings. The number of carbonyl (C=O) groups is 1. The van der Waals surface area contributed by atoms with Gasteiger partial charge in [0, 0.05) is 19.5 Å². The van der Waals surface area contributed by atoms with Gasteiger partial charge in [-0.05, 0) is 44.7 Å². The summed E-state index contributed by atoms with van der Waals surface area (Å²) in [5, 5.41) is 13.4. The summed E-state index contributed by atoms with van der Waals surface area (Å²) in [5.41, 5.74) is -0.666. The Morgan fingerprint density at radius 1 is 1.37 bits per heavy atom. The minimum Gasteiger partial charge on any atom is -0.388 e. The molecule has 0 spiro atoms. The molecule has 1 aliphatic heterocycles. The molecule has 4 heteroatoms. The van der Waals surface area contributed by atoms with Gasteiger partial charge in [0.05, 0.1) is 5.60 Å². The lowest BCUT2D eigenvalue weighted by Gasteiger charge is -2.35. The van der Waals surface area contributed by atoms with E-state index in [1.54, 1.807) is 0 Å². The fourth-order valence-electron chi connectivity index (χ4n) is 3.41. The molecule has 19 heavy (non-hydrogen) atoms. The number of hydrogen-bond acceptors (Lipinski definition) is 3. The molecule has 2 N–H and O–H groups in total. The molecule has 1 aliphatic carbocycles. The molecule has 1 heterocycles. The minimum atomic E-state index is -0.666. The molecule has 0 aromatic rings. The Morgan fingerprint density at radius 2 is 2.11 bits per heavy atom. The number of rotatable bonds is 5. The van der Waals surface area contributed by atoms with Gasteiger partial charge >= 0.3 is 0 Å². The first-order valence-corrected chi connectivity index (χ1v) is 7.79. The predicted octanol–water partition coefficient (Wildman–Crippen LogP) is 1.53. The lowest BCUT2D eigenvalue weighted by atomic mass is 9.79. The molecule has 4 nitrogen and oxygen atoms in total. The van der Waals surface area contributed by atoms with Crippen LogP contribution < -0.4 is 5.32 Å². The van der Waals surface area contributed by atoms with E-state index in [9.17, 15) is 9.90 Å². The predicted molar refractivity (Wildman–Crippen MR) is 75.9 cm³/mol. The van der Waals surface area contributed by atoms with Gasteiger partial charge < -0.3 is 15.3 Å². The van der Waals surface area contributed by atoms with Crippen LogP contribution in [0.3, 0.4) is 0 Å². The highest BCUT2D eigenvalue weighted by Crippen LogP contribution is 2.31. The smallest absolute Gasteiger partial charge is 0.221 e. The molecular weight excluding hydrogens is 240 g/mol. The summed E-state index contributed by atoms with van der Waals surface area (Å²) in [6.45, 7) is 5.74. The SMILES string of the molecule is CC1CCCC(O)(CNC(=O)CCN2CCCC2)C1. The van der Waals surface area contributed by atoms with Crippen LogP contribution in [-0.2, 0) is 4.79 Å². The van der Waals surface area contributed by atoms with E-state index in [1.807, 2.05) is 0 Å². The van der Waals surface area contributed by atoms with Gasteiger partial charge in [-0.25, -0.2) is 0 Å². The first kappa shape index (κ1) is 14.8. The zero-order valence-electron chi connectivity index (χ0n) is 12.2. The zero-order valence-corrected chi connectivity index (χ0v) is 12.2. The van der Waals surface area contributed by atoms with E-state index < -0.39 is 5.60 Å². The third-order valence-electron chi connectivity index (χ3n) is 4.54. The second-order valence-corrected chi connectivity index (χ2v) is 6.50. The molecule has 1 saturated carbocycles. The molecule has 2 aliphatic rings. The number of likely N-dealkylation sites (tertiary alicyclic amines) is 1. The first-order valence-electron chi connectivity index (χ1n) is 7.79. The maximum Gasteiger partial charge on any atom is 0.221 e. The third kappa shape index (κ3) is 4.77. The van der Waals surface area contributed by atoms with E-state index >= 15 is 0 Å². The number of nitrogens with one attached hydrogen (secondary N) is 1. The molecule has 0 aromatic heterocycles. The highest BCUT2D eigenvalue weighted by Gasteiger charge is 2.32. The van der Waals surface area contributed by atoms with Gasteiger partial charge in [-0.2, -0.15) is 0 Å². The van der Waals surface area contributed by atoms with E-state index in [1.165, 1.54) is 19.3 Å². The number of hydrogen-bond donors (Lipinski definition) is 2. The lowest BCUT2D eigenvalue weighted by Crippen LogP contribution is -2.46. The van der Waals surface area contributed by atoms with Crippen molar-refractivity contribution in [3.63, 3.8) is 0 Å². The van der Waals surface area contributed by atoms with Crippen molar-refractivity contribution in [2.45, 2.75) is 57.5 Å². The van der Waals surface area contributed by atoms with Crippen LogP contribution >= 0.6 is 0 Å². The van der Waals surface area contributed by atoms with E-state index in [0.717, 1.165) is 38.9 Å². The molecule has 0 aromatic carbocycles. The summed E-state index contributed by atoms with van der Waals surface area (Å²) in [6.07, 6.45) is 7.00. The Bertz CT molecular complexity index is 303. The van der Waals surface area contributed by atoms with Gasteiger partial charge in [0.2, 0.25) is 5.91 Å². The average molecular weight is 268 g/mol. The molecule has 2 unspecified atom stereocenters. The van der Waals surface area contributed by atoms with Crippen LogP contribution in [0.25, 0.3) is 0 Å². The molecule has 2 rings (SSSR count). The summed E-state index contributed by atoms with van der Waals surface area (Å²) in [5.74, 6) is 0.652. The van der Waals surface area contributed by atoms with E-state index in [4.69, 9.17) is 0 Å². The molecular formula is C15H28N2O2.